The molecule has 2 rings (SSSR count). The molecule has 0 aliphatic heterocycles. The van der Waals surface area contributed by atoms with E-state index in [2.05, 4.69) is 11.0 Å². The van der Waals surface area contributed by atoms with Crippen molar-refractivity contribution in [1.82, 2.24) is 4.90 Å². The Hall–Kier alpha value is -1.44. The van der Waals surface area contributed by atoms with Gasteiger partial charge in [0.25, 0.3) is 0 Å². The second-order valence-corrected chi connectivity index (χ2v) is 4.68. The minimum Gasteiger partial charge on any atom is -0.329 e. The summed E-state index contributed by atoms with van der Waals surface area (Å²) in [7, 11) is 0. The van der Waals surface area contributed by atoms with Crippen LogP contribution in [0.4, 0.5) is 4.39 Å². The minimum absolute atomic E-state index is 0.0153. The second kappa shape index (κ2) is 5.94. The van der Waals surface area contributed by atoms with Crippen molar-refractivity contribution in [3.8, 4) is 6.07 Å². The van der Waals surface area contributed by atoms with Crippen LogP contribution in [-0.4, -0.2) is 24.0 Å². The molecule has 1 atom stereocenters. The van der Waals surface area contributed by atoms with Gasteiger partial charge in [-0.2, -0.15) is 5.26 Å². The monoisotopic (exact) mass is 247 g/mol. The van der Waals surface area contributed by atoms with Gasteiger partial charge in [-0.25, -0.2) is 4.39 Å². The van der Waals surface area contributed by atoms with Crippen LogP contribution in [0.3, 0.4) is 0 Å². The first-order valence-corrected chi connectivity index (χ1v) is 6.34. The van der Waals surface area contributed by atoms with E-state index in [9.17, 15) is 4.39 Å². The van der Waals surface area contributed by atoms with Gasteiger partial charge in [-0.1, -0.05) is 12.1 Å². The molecule has 96 valence electrons. The Morgan fingerprint density at radius 3 is 2.83 bits per heavy atom. The SMILES string of the molecule is N#CCCN(C1CC1)C(CN)c1cccc(F)c1. The normalized spacial score (nSPS) is 16.6. The van der Waals surface area contributed by atoms with Crippen LogP contribution in [0.25, 0.3) is 0 Å². The molecule has 2 N–H and O–H groups in total. The summed E-state index contributed by atoms with van der Waals surface area (Å²) in [4.78, 5) is 2.25. The zero-order chi connectivity index (χ0) is 13.0. The van der Waals surface area contributed by atoms with E-state index in [1.807, 2.05) is 6.07 Å². The standard InChI is InChI=1S/C14H18FN3/c15-12-4-1-3-11(9-12)14(10-17)18(8-2-7-16)13-5-6-13/h1,3-4,9,13-14H,2,5-6,8,10,17H2. The summed E-state index contributed by atoms with van der Waals surface area (Å²) in [5.41, 5.74) is 6.75. The molecular weight excluding hydrogens is 229 g/mol. The van der Waals surface area contributed by atoms with Crippen LogP contribution in [0.1, 0.15) is 30.9 Å². The Labute approximate surface area is 107 Å². The van der Waals surface area contributed by atoms with Crippen molar-refractivity contribution in [2.24, 2.45) is 5.73 Å². The maximum absolute atomic E-state index is 13.3. The number of benzene rings is 1. The van der Waals surface area contributed by atoms with Gasteiger partial charge in [0.05, 0.1) is 6.07 Å². The molecule has 18 heavy (non-hydrogen) atoms. The van der Waals surface area contributed by atoms with Crippen molar-refractivity contribution in [3.05, 3.63) is 35.6 Å². The maximum Gasteiger partial charge on any atom is 0.123 e. The van der Waals surface area contributed by atoms with Gasteiger partial charge >= 0.3 is 0 Å². The average Bonchev–Trinajstić information content (AvgIpc) is 3.18. The van der Waals surface area contributed by atoms with Crippen molar-refractivity contribution in [3.63, 3.8) is 0 Å². The fourth-order valence-electron chi connectivity index (χ4n) is 2.35. The molecule has 0 saturated heterocycles. The molecular formula is C14H18FN3. The summed E-state index contributed by atoms with van der Waals surface area (Å²) >= 11 is 0. The first-order chi connectivity index (χ1) is 8.76. The van der Waals surface area contributed by atoms with Crippen LogP contribution in [0.5, 0.6) is 0 Å². The topological polar surface area (TPSA) is 53.0 Å². The van der Waals surface area contributed by atoms with Crippen LogP contribution < -0.4 is 5.73 Å². The number of rotatable bonds is 6. The van der Waals surface area contributed by atoms with Gasteiger partial charge in [-0.05, 0) is 30.5 Å². The highest BCUT2D eigenvalue weighted by molar-refractivity contribution is 5.21. The van der Waals surface area contributed by atoms with Crippen molar-refractivity contribution in [2.75, 3.05) is 13.1 Å². The van der Waals surface area contributed by atoms with E-state index in [0.29, 0.717) is 25.6 Å². The fourth-order valence-corrected chi connectivity index (χ4v) is 2.35. The Morgan fingerprint density at radius 1 is 1.50 bits per heavy atom. The molecule has 0 bridgehead atoms. The van der Waals surface area contributed by atoms with Gasteiger partial charge in [0.1, 0.15) is 5.82 Å². The Kier molecular flexibility index (Phi) is 4.29. The van der Waals surface area contributed by atoms with Crippen molar-refractivity contribution in [1.29, 1.82) is 5.26 Å². The molecule has 1 aliphatic rings. The highest BCUT2D eigenvalue weighted by atomic mass is 19.1. The summed E-state index contributed by atoms with van der Waals surface area (Å²) in [5, 5.41) is 8.72. The molecule has 3 nitrogen and oxygen atoms in total. The summed E-state index contributed by atoms with van der Waals surface area (Å²) in [6.45, 7) is 1.16. The fraction of sp³-hybridized carbons (Fsp3) is 0.500. The Balaban J connectivity index is 2.17. The van der Waals surface area contributed by atoms with E-state index in [4.69, 9.17) is 11.0 Å². The van der Waals surface area contributed by atoms with E-state index in [0.717, 1.165) is 18.4 Å². The molecule has 0 radical (unpaired) electrons. The molecule has 1 fully saturated rings. The highest BCUT2D eigenvalue weighted by Gasteiger charge is 2.33. The van der Waals surface area contributed by atoms with E-state index >= 15 is 0 Å². The first-order valence-electron chi connectivity index (χ1n) is 6.34. The molecule has 1 unspecified atom stereocenters. The lowest BCUT2D eigenvalue weighted by Gasteiger charge is -2.30. The van der Waals surface area contributed by atoms with Crippen LogP contribution in [0.2, 0.25) is 0 Å². The Bertz CT molecular complexity index is 437. The van der Waals surface area contributed by atoms with E-state index in [1.54, 1.807) is 12.1 Å². The number of nitriles is 1. The van der Waals surface area contributed by atoms with E-state index in [1.165, 1.54) is 6.07 Å². The summed E-state index contributed by atoms with van der Waals surface area (Å²) < 4.78 is 13.3. The third kappa shape index (κ3) is 3.06. The Morgan fingerprint density at radius 2 is 2.28 bits per heavy atom. The lowest BCUT2D eigenvalue weighted by molar-refractivity contribution is 0.195. The lowest BCUT2D eigenvalue weighted by Crippen LogP contribution is -2.36. The predicted octanol–water partition coefficient (Wildman–Crippen LogP) is 2.20. The highest BCUT2D eigenvalue weighted by Crippen LogP contribution is 2.34. The van der Waals surface area contributed by atoms with Crippen molar-refractivity contribution in [2.45, 2.75) is 31.3 Å². The number of halogens is 1. The van der Waals surface area contributed by atoms with Crippen LogP contribution in [0.15, 0.2) is 24.3 Å². The van der Waals surface area contributed by atoms with E-state index in [-0.39, 0.29) is 11.9 Å². The predicted molar refractivity (Wildman–Crippen MR) is 68.2 cm³/mol. The van der Waals surface area contributed by atoms with E-state index < -0.39 is 0 Å². The molecule has 0 aromatic heterocycles. The van der Waals surface area contributed by atoms with Gasteiger partial charge in [0.2, 0.25) is 0 Å². The van der Waals surface area contributed by atoms with Gasteiger partial charge in [0.15, 0.2) is 0 Å². The molecule has 0 spiro atoms. The average molecular weight is 247 g/mol. The third-order valence-electron chi connectivity index (χ3n) is 3.35. The molecule has 0 amide bonds. The number of nitrogens with two attached hydrogens (primary N) is 1. The maximum atomic E-state index is 13.3. The van der Waals surface area contributed by atoms with Crippen LogP contribution in [-0.2, 0) is 0 Å². The van der Waals surface area contributed by atoms with Gasteiger partial charge in [-0.3, -0.25) is 4.90 Å². The molecule has 1 aromatic rings. The van der Waals surface area contributed by atoms with Crippen LogP contribution >= 0.6 is 0 Å². The molecule has 1 aromatic carbocycles. The van der Waals surface area contributed by atoms with Crippen LogP contribution in [0, 0.1) is 17.1 Å². The summed E-state index contributed by atoms with van der Waals surface area (Å²) in [5.74, 6) is -0.234. The summed E-state index contributed by atoms with van der Waals surface area (Å²) in [6, 6.07) is 9.29. The molecule has 1 saturated carbocycles. The zero-order valence-corrected chi connectivity index (χ0v) is 10.3. The second-order valence-electron chi connectivity index (χ2n) is 4.68. The summed E-state index contributed by atoms with van der Waals surface area (Å²) in [6.07, 6.45) is 2.79. The molecule has 0 heterocycles. The van der Waals surface area contributed by atoms with Gasteiger partial charge in [0, 0.05) is 31.6 Å². The zero-order valence-electron chi connectivity index (χ0n) is 10.3. The third-order valence-corrected chi connectivity index (χ3v) is 3.35. The van der Waals surface area contributed by atoms with Gasteiger partial charge < -0.3 is 5.73 Å². The largest absolute Gasteiger partial charge is 0.329 e. The van der Waals surface area contributed by atoms with Crippen molar-refractivity contribution >= 4 is 0 Å². The van der Waals surface area contributed by atoms with Crippen molar-refractivity contribution < 1.29 is 4.39 Å². The molecule has 4 heteroatoms. The number of nitrogens with zero attached hydrogens (tertiary/aromatic N) is 2. The van der Waals surface area contributed by atoms with Gasteiger partial charge in [-0.15, -0.1) is 0 Å². The quantitative estimate of drug-likeness (QED) is 0.838. The first kappa shape index (κ1) is 13.0. The minimum atomic E-state index is -0.234. The smallest absolute Gasteiger partial charge is 0.123 e. The number of hydrogen-bond acceptors (Lipinski definition) is 3. The number of hydrogen-bond donors (Lipinski definition) is 1. The lowest BCUT2D eigenvalue weighted by atomic mass is 10.0. The molecule has 1 aliphatic carbocycles.